The second-order valence-electron chi connectivity index (χ2n) is 8.95. The number of anilines is 4. The van der Waals surface area contributed by atoms with Gasteiger partial charge in [0.15, 0.2) is 20.5 Å². The minimum absolute atomic E-state index is 0.0566. The minimum atomic E-state index is -3.56. The first kappa shape index (κ1) is 22.8. The van der Waals surface area contributed by atoms with E-state index < -0.39 is 9.84 Å². The molecule has 3 aromatic rings. The molecular weight excluding hydrogens is 456 g/mol. The molecule has 1 aliphatic carbocycles. The number of aromatic nitrogens is 4. The number of rotatable bonds is 6. The van der Waals surface area contributed by atoms with Crippen LogP contribution in [0.2, 0.25) is 0 Å². The fourth-order valence-electron chi connectivity index (χ4n) is 4.50. The van der Waals surface area contributed by atoms with E-state index in [4.69, 9.17) is 10.5 Å². The number of fused-ring (bicyclic) bond motifs is 1. The van der Waals surface area contributed by atoms with Crippen molar-refractivity contribution in [2.24, 2.45) is 5.73 Å². The van der Waals surface area contributed by atoms with Gasteiger partial charge in [-0.05, 0) is 49.9 Å². The van der Waals surface area contributed by atoms with E-state index in [1.54, 1.807) is 0 Å². The molecule has 0 spiro atoms. The molecule has 5 N–H and O–H groups in total. The van der Waals surface area contributed by atoms with E-state index >= 15 is 0 Å². The molecule has 2 fully saturated rings. The molecule has 34 heavy (non-hydrogen) atoms. The van der Waals surface area contributed by atoms with E-state index in [-0.39, 0.29) is 17.1 Å². The van der Waals surface area contributed by atoms with Gasteiger partial charge in [-0.1, -0.05) is 0 Å². The van der Waals surface area contributed by atoms with Crippen LogP contribution in [0.1, 0.15) is 25.7 Å². The first-order valence-corrected chi connectivity index (χ1v) is 13.4. The number of nitrogens with zero attached hydrogens (tertiary/aromatic N) is 4. The lowest BCUT2D eigenvalue weighted by atomic mass is 9.92. The summed E-state index contributed by atoms with van der Waals surface area (Å²) in [6.45, 7) is 3.21. The summed E-state index contributed by atoms with van der Waals surface area (Å²) in [5.74, 6) is 0.803. The van der Waals surface area contributed by atoms with E-state index in [2.05, 4.69) is 47.8 Å². The van der Waals surface area contributed by atoms with E-state index in [0.717, 1.165) is 69.6 Å². The monoisotopic (exact) mass is 486 g/mol. The third kappa shape index (κ3) is 4.93. The Balaban J connectivity index is 1.43. The second-order valence-corrected chi connectivity index (χ2v) is 10.9. The number of morpholine rings is 1. The highest BCUT2D eigenvalue weighted by Gasteiger charge is 2.25. The van der Waals surface area contributed by atoms with Crippen LogP contribution in [0, 0.1) is 0 Å². The maximum absolute atomic E-state index is 12.3. The Bertz CT molecular complexity index is 1250. The van der Waals surface area contributed by atoms with Crippen molar-refractivity contribution in [1.29, 1.82) is 0 Å². The van der Waals surface area contributed by atoms with Crippen LogP contribution in [0.5, 0.6) is 0 Å². The van der Waals surface area contributed by atoms with Gasteiger partial charge in [-0.15, -0.1) is 0 Å². The Morgan fingerprint density at radius 3 is 2.47 bits per heavy atom. The third-order valence-electron chi connectivity index (χ3n) is 6.35. The molecule has 1 aromatic carbocycles. The van der Waals surface area contributed by atoms with E-state index in [0.29, 0.717) is 22.8 Å². The van der Waals surface area contributed by atoms with Crippen molar-refractivity contribution < 1.29 is 13.2 Å². The molecule has 0 unspecified atom stereocenters. The number of sulfone groups is 1. The summed E-state index contributed by atoms with van der Waals surface area (Å²) in [5.41, 5.74) is 8.37. The van der Waals surface area contributed by atoms with Gasteiger partial charge in [-0.2, -0.15) is 15.1 Å². The number of hydrogen-bond acceptors (Lipinski definition) is 10. The molecule has 182 valence electrons. The number of nitrogens with one attached hydrogen (secondary N) is 3. The second kappa shape index (κ2) is 9.35. The highest BCUT2D eigenvalue weighted by atomic mass is 32.2. The van der Waals surface area contributed by atoms with Crippen LogP contribution >= 0.6 is 0 Å². The lowest BCUT2D eigenvalue weighted by molar-refractivity contribution is 0.122. The fraction of sp³-hybridized carbons (Fsp3) is 0.500. The van der Waals surface area contributed by atoms with Crippen LogP contribution in [0.3, 0.4) is 0 Å². The van der Waals surface area contributed by atoms with Crippen molar-refractivity contribution in [3.8, 4) is 0 Å². The number of ether oxygens (including phenoxy) is 1. The maximum atomic E-state index is 12.3. The molecule has 1 saturated heterocycles. The number of nitrogens with two attached hydrogens (primary N) is 1. The molecule has 0 atom stereocenters. The van der Waals surface area contributed by atoms with Gasteiger partial charge < -0.3 is 26.0 Å². The Labute approximate surface area is 198 Å². The standard InChI is InChI=1S/C22H30N8O3S/c1-34(31,32)21-18-19(24-15-4-2-14(23)3-5-15)26-22(27-20(18)28-29-21)25-16-6-8-17(9-7-16)30-10-12-33-13-11-30/h6-9,14-15H,2-5,10-13,23H2,1H3,(H3,24,25,26,27,28,29)/t14-,15-. The Kier molecular flexibility index (Phi) is 6.28. The predicted octanol–water partition coefficient (Wildman–Crippen LogP) is 2.02. The van der Waals surface area contributed by atoms with Crippen molar-refractivity contribution in [2.45, 2.75) is 42.8 Å². The van der Waals surface area contributed by atoms with Crippen LogP contribution in [0.25, 0.3) is 11.0 Å². The zero-order valence-electron chi connectivity index (χ0n) is 19.1. The molecule has 5 rings (SSSR count). The first-order valence-electron chi connectivity index (χ1n) is 11.5. The molecule has 0 radical (unpaired) electrons. The summed E-state index contributed by atoms with van der Waals surface area (Å²) in [6, 6.07) is 8.41. The molecule has 1 saturated carbocycles. The van der Waals surface area contributed by atoms with Crippen molar-refractivity contribution in [3.63, 3.8) is 0 Å². The van der Waals surface area contributed by atoms with Crippen molar-refractivity contribution >= 4 is 44.0 Å². The summed E-state index contributed by atoms with van der Waals surface area (Å²) in [7, 11) is -3.56. The molecule has 0 bridgehead atoms. The van der Waals surface area contributed by atoms with Gasteiger partial charge in [0.05, 0.1) is 13.2 Å². The summed E-state index contributed by atoms with van der Waals surface area (Å²) in [4.78, 5) is 11.4. The zero-order valence-corrected chi connectivity index (χ0v) is 19.9. The van der Waals surface area contributed by atoms with Gasteiger partial charge in [0.25, 0.3) is 0 Å². The smallest absolute Gasteiger partial charge is 0.231 e. The van der Waals surface area contributed by atoms with Gasteiger partial charge in [-0.25, -0.2) is 8.42 Å². The Morgan fingerprint density at radius 1 is 1.09 bits per heavy atom. The van der Waals surface area contributed by atoms with Crippen molar-refractivity contribution in [2.75, 3.05) is 48.1 Å². The van der Waals surface area contributed by atoms with Crippen molar-refractivity contribution in [3.05, 3.63) is 24.3 Å². The molecule has 1 aliphatic heterocycles. The van der Waals surface area contributed by atoms with Gasteiger partial charge >= 0.3 is 0 Å². The van der Waals surface area contributed by atoms with Gasteiger partial charge in [0.1, 0.15) is 11.2 Å². The Morgan fingerprint density at radius 2 is 1.79 bits per heavy atom. The largest absolute Gasteiger partial charge is 0.378 e. The molecule has 11 nitrogen and oxygen atoms in total. The molecule has 2 aliphatic rings. The van der Waals surface area contributed by atoms with Crippen molar-refractivity contribution in [1.82, 2.24) is 20.2 Å². The molecule has 12 heteroatoms. The zero-order chi connectivity index (χ0) is 23.7. The van der Waals surface area contributed by atoms with Gasteiger partial charge in [0.2, 0.25) is 5.95 Å². The van der Waals surface area contributed by atoms with E-state index in [1.807, 2.05) is 12.1 Å². The van der Waals surface area contributed by atoms with Crippen LogP contribution < -0.4 is 21.3 Å². The third-order valence-corrected chi connectivity index (χ3v) is 7.35. The topological polar surface area (TPSA) is 151 Å². The number of aromatic amines is 1. The predicted molar refractivity (Wildman–Crippen MR) is 131 cm³/mol. The van der Waals surface area contributed by atoms with Crippen LogP contribution in [-0.2, 0) is 14.6 Å². The number of hydrogen-bond donors (Lipinski definition) is 4. The molecule has 3 heterocycles. The molecule has 0 amide bonds. The lowest BCUT2D eigenvalue weighted by Gasteiger charge is -2.29. The highest BCUT2D eigenvalue weighted by Crippen LogP contribution is 2.31. The average Bonchev–Trinajstić information content (AvgIpc) is 3.27. The van der Waals surface area contributed by atoms with Gasteiger partial charge in [0, 0.05) is 42.8 Å². The Hall–Kier alpha value is -2.96. The van der Waals surface area contributed by atoms with Crippen LogP contribution in [-0.4, -0.2) is 73.2 Å². The summed E-state index contributed by atoms with van der Waals surface area (Å²) >= 11 is 0. The minimum Gasteiger partial charge on any atom is -0.378 e. The molecule has 2 aromatic heterocycles. The maximum Gasteiger partial charge on any atom is 0.231 e. The average molecular weight is 487 g/mol. The number of benzene rings is 1. The van der Waals surface area contributed by atoms with Crippen LogP contribution in [0.4, 0.5) is 23.1 Å². The van der Waals surface area contributed by atoms with Crippen LogP contribution in [0.15, 0.2) is 29.3 Å². The highest BCUT2D eigenvalue weighted by molar-refractivity contribution is 7.90. The summed E-state index contributed by atoms with van der Waals surface area (Å²) < 4.78 is 30.1. The summed E-state index contributed by atoms with van der Waals surface area (Å²) in [6.07, 6.45) is 4.75. The normalized spacial score (nSPS) is 21.5. The SMILES string of the molecule is CS(=O)(=O)c1n[nH]c2nc(Nc3ccc(N4CCOCC4)cc3)nc(N[C@H]3CC[C@H](N)CC3)c12. The first-order chi connectivity index (χ1) is 16.4. The molecular formula is C22H30N8O3S. The summed E-state index contributed by atoms with van der Waals surface area (Å²) in [5, 5.41) is 13.8. The fourth-order valence-corrected chi connectivity index (χ4v) is 5.27. The van der Waals surface area contributed by atoms with E-state index in [1.165, 1.54) is 0 Å². The lowest BCUT2D eigenvalue weighted by Crippen LogP contribution is -2.36. The number of H-pyrrole nitrogens is 1. The quantitative estimate of drug-likeness (QED) is 0.407. The van der Waals surface area contributed by atoms with Gasteiger partial charge in [-0.3, -0.25) is 5.10 Å². The van der Waals surface area contributed by atoms with E-state index in [9.17, 15) is 8.42 Å².